The van der Waals surface area contributed by atoms with Crippen LogP contribution in [-0.4, -0.2) is 110 Å². The van der Waals surface area contributed by atoms with Crippen molar-refractivity contribution in [3.8, 4) is 5.75 Å². The van der Waals surface area contributed by atoms with Gasteiger partial charge in [-0.2, -0.15) is 13.8 Å². The average molecular weight is 846 g/mol. The number of hydrogen-bond donors (Lipinski definition) is 3. The number of imide groups is 1. The third-order valence-electron chi connectivity index (χ3n) is 13.2. The molecule has 61 heavy (non-hydrogen) atoms. The Kier molecular flexibility index (Phi) is 12.4. The maximum atomic E-state index is 15.3. The summed E-state index contributed by atoms with van der Waals surface area (Å²) in [7, 11) is 2.81. The Labute approximate surface area is 353 Å². The number of nitrogens with zero attached hydrogens (tertiary/aromatic N) is 6. The first-order valence-corrected chi connectivity index (χ1v) is 21.5. The summed E-state index contributed by atoms with van der Waals surface area (Å²) in [4.78, 5) is 65.8. The highest BCUT2D eigenvalue weighted by Gasteiger charge is 2.49. The average Bonchev–Trinajstić information content (AvgIpc) is 3.78. The number of halogens is 3. The normalized spacial score (nSPS) is 21.9. The van der Waals surface area contributed by atoms with Crippen LogP contribution in [0.25, 0.3) is 0 Å². The molecule has 8 rings (SSSR count). The first kappa shape index (κ1) is 42.2. The predicted octanol–water partition coefficient (Wildman–Crippen LogP) is 5.61. The van der Waals surface area contributed by atoms with Crippen molar-refractivity contribution >= 4 is 52.5 Å². The maximum Gasteiger partial charge on any atom is 0.342 e. The lowest BCUT2D eigenvalue weighted by Crippen LogP contribution is -2.48. The van der Waals surface area contributed by atoms with Gasteiger partial charge >= 0.3 is 5.92 Å². The summed E-state index contributed by atoms with van der Waals surface area (Å²) in [5, 5.41) is 8.57. The van der Waals surface area contributed by atoms with Crippen molar-refractivity contribution in [2.45, 2.75) is 82.1 Å². The number of anilines is 5. The Balaban J connectivity index is 0.800. The van der Waals surface area contributed by atoms with E-state index in [1.54, 1.807) is 29.2 Å². The molecule has 4 amide bonds. The second-order valence-electron chi connectivity index (χ2n) is 17.2. The van der Waals surface area contributed by atoms with E-state index in [0.29, 0.717) is 53.1 Å². The van der Waals surface area contributed by atoms with E-state index in [0.717, 1.165) is 89.0 Å². The van der Waals surface area contributed by atoms with Crippen LogP contribution < -0.4 is 35.4 Å². The van der Waals surface area contributed by atoms with Gasteiger partial charge in [-0.05, 0) is 106 Å². The van der Waals surface area contributed by atoms with Crippen molar-refractivity contribution in [2.75, 3.05) is 80.0 Å². The number of likely N-dealkylation sites (tertiary alicyclic amines) is 1. The minimum atomic E-state index is -3.58. The van der Waals surface area contributed by atoms with Crippen LogP contribution >= 0.6 is 0 Å². The third kappa shape index (κ3) is 9.26. The van der Waals surface area contributed by atoms with Crippen LogP contribution in [0.3, 0.4) is 0 Å². The second-order valence-corrected chi connectivity index (χ2v) is 17.2. The van der Waals surface area contributed by atoms with Gasteiger partial charge in [0.25, 0.3) is 11.8 Å². The Bertz CT molecular complexity index is 2140. The van der Waals surface area contributed by atoms with Crippen LogP contribution in [-0.2, 0) is 14.4 Å². The molecule has 5 heterocycles. The van der Waals surface area contributed by atoms with Crippen molar-refractivity contribution in [3.63, 3.8) is 0 Å². The van der Waals surface area contributed by atoms with Crippen LogP contribution in [0.15, 0.2) is 42.6 Å². The first-order chi connectivity index (χ1) is 29.4. The Morgan fingerprint density at radius 1 is 0.934 bits per heavy atom. The zero-order chi connectivity index (χ0) is 42.8. The number of methoxy groups -OCH3 is 1. The minimum absolute atomic E-state index is 0.145. The molecule has 0 radical (unpaired) electrons. The molecule has 14 nitrogen and oxygen atoms in total. The molecule has 1 atom stereocenters. The molecule has 2 aromatic carbocycles. The molecule has 326 valence electrons. The number of rotatable bonds is 11. The second kappa shape index (κ2) is 17.9. The van der Waals surface area contributed by atoms with E-state index in [9.17, 15) is 19.2 Å². The minimum Gasteiger partial charge on any atom is -0.495 e. The molecule has 1 unspecified atom stereocenters. The Hall–Kier alpha value is -5.45. The van der Waals surface area contributed by atoms with Gasteiger partial charge in [0.05, 0.1) is 37.1 Å². The van der Waals surface area contributed by atoms with Gasteiger partial charge in [0.2, 0.25) is 17.8 Å². The van der Waals surface area contributed by atoms with E-state index < -0.39 is 24.3 Å². The Morgan fingerprint density at radius 3 is 2.38 bits per heavy atom. The monoisotopic (exact) mass is 845 g/mol. The van der Waals surface area contributed by atoms with Crippen LogP contribution in [0.5, 0.6) is 5.75 Å². The van der Waals surface area contributed by atoms with Gasteiger partial charge in [0.15, 0.2) is 5.82 Å². The van der Waals surface area contributed by atoms with Gasteiger partial charge in [0, 0.05) is 51.3 Å². The fraction of sp³-hybridized carbons (Fsp3) is 0.545. The highest BCUT2D eigenvalue weighted by atomic mass is 19.3. The van der Waals surface area contributed by atoms with Crippen molar-refractivity contribution < 1.29 is 37.1 Å². The zero-order valence-corrected chi connectivity index (χ0v) is 34.7. The van der Waals surface area contributed by atoms with Gasteiger partial charge in [-0.25, -0.2) is 9.37 Å². The summed E-state index contributed by atoms with van der Waals surface area (Å²) in [6, 6.07) is 9.86. The summed E-state index contributed by atoms with van der Waals surface area (Å²) in [5.41, 5.74) is 2.28. The molecule has 1 aromatic heterocycles. The summed E-state index contributed by atoms with van der Waals surface area (Å²) in [6.45, 7) is 4.21. The van der Waals surface area contributed by atoms with E-state index in [2.05, 4.69) is 35.7 Å². The van der Waals surface area contributed by atoms with E-state index in [-0.39, 0.29) is 53.5 Å². The number of carbonyl (C=O) groups excluding carboxylic acids is 4. The van der Waals surface area contributed by atoms with Crippen LogP contribution in [0.1, 0.15) is 86.0 Å². The number of hydrogen-bond acceptors (Lipinski definition) is 11. The number of carbonyl (C=O) groups is 4. The number of benzene rings is 2. The number of ether oxygens (including phenoxy) is 1. The van der Waals surface area contributed by atoms with Gasteiger partial charge < -0.3 is 35.0 Å². The lowest BCUT2D eigenvalue weighted by atomic mass is 9.90. The number of amides is 4. The molecule has 3 aromatic rings. The van der Waals surface area contributed by atoms with Gasteiger partial charge in [-0.15, -0.1) is 0 Å². The van der Waals surface area contributed by atoms with Crippen molar-refractivity contribution in [3.05, 3.63) is 59.5 Å². The molecular formula is C44H54F3N9O5. The van der Waals surface area contributed by atoms with Crippen molar-refractivity contribution in [1.82, 2.24) is 25.5 Å². The third-order valence-corrected chi connectivity index (χ3v) is 13.2. The quantitative estimate of drug-likeness (QED) is 0.207. The number of fused-ring (bicyclic) bond motifs is 1. The highest BCUT2D eigenvalue weighted by molar-refractivity contribution is 6.02. The van der Waals surface area contributed by atoms with Crippen molar-refractivity contribution in [1.29, 1.82) is 0 Å². The predicted molar refractivity (Wildman–Crippen MR) is 224 cm³/mol. The molecule has 4 fully saturated rings. The molecular weight excluding hydrogens is 792 g/mol. The topological polar surface area (TPSA) is 152 Å². The molecule has 0 spiro atoms. The fourth-order valence-electron chi connectivity index (χ4n) is 9.60. The lowest BCUT2D eigenvalue weighted by Gasteiger charge is -2.38. The van der Waals surface area contributed by atoms with Crippen LogP contribution in [0.4, 0.5) is 42.0 Å². The van der Waals surface area contributed by atoms with Gasteiger partial charge in [0.1, 0.15) is 17.3 Å². The first-order valence-electron chi connectivity index (χ1n) is 21.5. The largest absolute Gasteiger partial charge is 0.495 e. The Morgan fingerprint density at radius 2 is 1.67 bits per heavy atom. The molecule has 0 bridgehead atoms. The maximum absolute atomic E-state index is 15.3. The molecule has 3 N–H and O–H groups in total. The molecule has 1 saturated carbocycles. The highest BCUT2D eigenvalue weighted by Crippen LogP contribution is 2.40. The number of alkyl halides is 2. The molecule has 17 heteroatoms. The van der Waals surface area contributed by atoms with E-state index >= 15 is 13.2 Å². The van der Waals surface area contributed by atoms with E-state index in [1.807, 2.05) is 6.07 Å². The van der Waals surface area contributed by atoms with E-state index in [4.69, 9.17) is 4.74 Å². The number of aromatic nitrogens is 2. The summed E-state index contributed by atoms with van der Waals surface area (Å²) < 4.78 is 50.9. The van der Waals surface area contributed by atoms with Crippen molar-refractivity contribution in [2.24, 2.45) is 11.8 Å². The number of nitrogens with one attached hydrogen (secondary N) is 3. The molecule has 3 saturated heterocycles. The SMILES string of the molecule is COc1cc(C(=O)NCC2CCN(CC3CCN(c4ccc(C5CCC(=O)NC5=O)cc4F)CC3)CC2)ccc1Nc1ncc2c(n1)N(C1CCCC1)CC(F)(F)C(=O)N2C. The molecule has 1 aliphatic carbocycles. The summed E-state index contributed by atoms with van der Waals surface area (Å²) in [5.74, 6) is -4.93. The molecule has 4 aliphatic heterocycles. The zero-order valence-electron chi connectivity index (χ0n) is 34.7. The van der Waals surface area contributed by atoms with Crippen LogP contribution in [0, 0.1) is 17.7 Å². The number of piperidine rings is 3. The lowest BCUT2D eigenvalue weighted by molar-refractivity contribution is -0.140. The standard InChI is InChI=1S/C44H54F3N9O5/c1-53-36-24-49-43(52-39(36)56(31-5-3-4-6-31)26-44(46,47)42(53)60)50-34-10-7-30(22-37(34)61-2)40(58)48-23-27-13-17-54(18-14-27)25-28-15-19-55(20-16-28)35-11-8-29(21-33(35)45)32-9-12-38(57)51-41(32)59/h7-8,10-11,21-22,24,27-28,31-32H,3-6,9,12-20,23,25-26H2,1-2H3,(H,48,58)(H,49,50,52)(H,51,57,59). The molecule has 5 aliphatic rings. The fourth-order valence-corrected chi connectivity index (χ4v) is 9.60. The van der Waals surface area contributed by atoms with Gasteiger partial charge in [-0.1, -0.05) is 18.9 Å². The van der Waals surface area contributed by atoms with Crippen LogP contribution in [0.2, 0.25) is 0 Å². The summed E-state index contributed by atoms with van der Waals surface area (Å²) >= 11 is 0. The van der Waals surface area contributed by atoms with E-state index in [1.165, 1.54) is 26.4 Å². The summed E-state index contributed by atoms with van der Waals surface area (Å²) in [6.07, 6.45) is 9.20. The smallest absolute Gasteiger partial charge is 0.342 e. The van der Waals surface area contributed by atoms with Gasteiger partial charge in [-0.3, -0.25) is 24.5 Å².